The molecule has 134 valence electrons. The average molecular weight is 353 g/mol. The third-order valence-electron chi connectivity index (χ3n) is 5.67. The summed E-state index contributed by atoms with van der Waals surface area (Å²) in [4.78, 5) is 15.1. The first-order chi connectivity index (χ1) is 12.7. The van der Waals surface area contributed by atoms with Crippen LogP contribution in [0.2, 0.25) is 0 Å². The second-order valence-electron chi connectivity index (χ2n) is 7.26. The number of pyridine rings is 2. The second kappa shape index (κ2) is 6.02. The number of piperidine rings is 3. The Kier molecular flexibility index (Phi) is 3.63. The number of hydrogen-bond acceptors (Lipinski definition) is 6. The highest BCUT2D eigenvalue weighted by Gasteiger charge is 2.51. The Balaban J connectivity index is 1.31. The molecule has 0 radical (unpaired) electrons. The number of amidine groups is 1. The third kappa shape index (κ3) is 2.72. The number of rotatable bonds is 2. The van der Waals surface area contributed by atoms with E-state index in [4.69, 9.17) is 4.74 Å². The maximum Gasteiger partial charge on any atom is 0.291 e. The quantitative estimate of drug-likeness (QED) is 0.841. The highest BCUT2D eigenvalue weighted by atomic mass is 19.1. The van der Waals surface area contributed by atoms with E-state index in [2.05, 4.69) is 25.2 Å². The lowest BCUT2D eigenvalue weighted by Crippen LogP contribution is -2.61. The van der Waals surface area contributed by atoms with Crippen molar-refractivity contribution in [1.29, 1.82) is 0 Å². The zero-order valence-electron chi connectivity index (χ0n) is 14.4. The van der Waals surface area contributed by atoms with E-state index in [-0.39, 0.29) is 5.60 Å². The van der Waals surface area contributed by atoms with Crippen molar-refractivity contribution < 1.29 is 9.13 Å². The Morgan fingerprint density at radius 2 is 2.04 bits per heavy atom. The molecule has 3 fully saturated rings. The molecule has 6 rings (SSSR count). The van der Waals surface area contributed by atoms with E-state index in [1.807, 2.05) is 12.1 Å². The van der Waals surface area contributed by atoms with E-state index in [1.165, 1.54) is 38.2 Å². The first-order valence-corrected chi connectivity index (χ1v) is 9.01. The summed E-state index contributed by atoms with van der Waals surface area (Å²) in [6.07, 6.45) is 5.60. The number of nitrogens with one attached hydrogen (secondary N) is 1. The lowest BCUT2D eigenvalue weighted by atomic mass is 9.75. The van der Waals surface area contributed by atoms with Crippen LogP contribution in [0, 0.1) is 11.9 Å². The summed E-state index contributed by atoms with van der Waals surface area (Å²) in [5.41, 5.74) is 1.57. The van der Waals surface area contributed by atoms with Crippen molar-refractivity contribution >= 4 is 11.8 Å². The van der Waals surface area contributed by atoms with Crippen LogP contribution in [0.1, 0.15) is 12.8 Å². The molecule has 26 heavy (non-hydrogen) atoms. The van der Waals surface area contributed by atoms with Crippen molar-refractivity contribution in [2.75, 3.05) is 31.5 Å². The largest absolute Gasteiger partial charge is 0.455 e. The fourth-order valence-corrected chi connectivity index (χ4v) is 4.28. The maximum atomic E-state index is 13.0. The number of aliphatic imine (C=N–C) groups is 1. The number of anilines is 1. The lowest BCUT2D eigenvalue weighted by Gasteiger charge is -2.50. The molecule has 4 aliphatic heterocycles. The second-order valence-corrected chi connectivity index (χ2v) is 7.26. The van der Waals surface area contributed by atoms with Crippen molar-refractivity contribution in [3.05, 3.63) is 42.6 Å². The van der Waals surface area contributed by atoms with Gasteiger partial charge in [-0.15, -0.1) is 0 Å². The molecule has 1 atom stereocenters. The van der Waals surface area contributed by atoms with Crippen LogP contribution in [0.3, 0.4) is 0 Å². The molecule has 6 nitrogen and oxygen atoms in total. The van der Waals surface area contributed by atoms with Gasteiger partial charge in [-0.05, 0) is 55.8 Å². The van der Waals surface area contributed by atoms with Crippen LogP contribution >= 0.6 is 0 Å². The molecule has 0 amide bonds. The number of aromatic nitrogens is 2. The van der Waals surface area contributed by atoms with Crippen LogP contribution in [-0.2, 0) is 4.74 Å². The van der Waals surface area contributed by atoms with Gasteiger partial charge in [-0.1, -0.05) is 0 Å². The van der Waals surface area contributed by atoms with Gasteiger partial charge in [-0.25, -0.2) is 15.0 Å². The Hall–Kier alpha value is -2.54. The van der Waals surface area contributed by atoms with Crippen molar-refractivity contribution in [2.45, 2.75) is 18.4 Å². The minimum atomic E-state index is -0.488. The minimum Gasteiger partial charge on any atom is -0.455 e. The van der Waals surface area contributed by atoms with E-state index < -0.39 is 5.95 Å². The summed E-state index contributed by atoms with van der Waals surface area (Å²) in [6, 6.07) is 7.35. The van der Waals surface area contributed by atoms with E-state index in [0.717, 1.165) is 17.7 Å². The summed E-state index contributed by atoms with van der Waals surface area (Å²) in [5, 5.41) is 3.20. The standard InChI is InChI=1S/C19H20FN5O/c20-16-2-1-14(10-22-16)13-3-6-21-17(9-13)24-18-23-11-19(26-18)12-25-7-4-15(19)5-8-25/h1-3,6,9-10,15H,4-5,7-8,11-12H2,(H,21,23,24). The number of ether oxygens (including phenoxy) is 1. The van der Waals surface area contributed by atoms with Crippen LogP contribution in [0.5, 0.6) is 0 Å². The monoisotopic (exact) mass is 353 g/mol. The third-order valence-corrected chi connectivity index (χ3v) is 5.67. The van der Waals surface area contributed by atoms with Gasteiger partial charge >= 0.3 is 0 Å². The van der Waals surface area contributed by atoms with Crippen LogP contribution in [0.25, 0.3) is 11.1 Å². The molecule has 1 unspecified atom stereocenters. The maximum absolute atomic E-state index is 13.0. The molecule has 7 heteroatoms. The minimum absolute atomic E-state index is 0.169. The molecule has 6 heterocycles. The smallest absolute Gasteiger partial charge is 0.291 e. The molecule has 1 N–H and O–H groups in total. The van der Waals surface area contributed by atoms with Crippen LogP contribution < -0.4 is 5.32 Å². The fraction of sp³-hybridized carbons (Fsp3) is 0.421. The lowest BCUT2D eigenvalue weighted by molar-refractivity contribution is -0.0829. The topological polar surface area (TPSA) is 62.6 Å². The molecule has 3 saturated heterocycles. The van der Waals surface area contributed by atoms with Gasteiger partial charge in [0.05, 0.1) is 6.54 Å². The predicted octanol–water partition coefficient (Wildman–Crippen LogP) is 2.55. The van der Waals surface area contributed by atoms with Gasteiger partial charge in [0.1, 0.15) is 11.4 Å². The van der Waals surface area contributed by atoms with E-state index in [0.29, 0.717) is 24.3 Å². The SMILES string of the molecule is Fc1ccc(-c2ccnc(NC3=NCC4(CN5CCC4CC5)O3)c2)cn1. The predicted molar refractivity (Wildman–Crippen MR) is 96.3 cm³/mol. The van der Waals surface area contributed by atoms with Gasteiger partial charge in [0.25, 0.3) is 6.02 Å². The van der Waals surface area contributed by atoms with E-state index in [1.54, 1.807) is 12.3 Å². The van der Waals surface area contributed by atoms with Gasteiger partial charge in [-0.2, -0.15) is 4.39 Å². The van der Waals surface area contributed by atoms with Crippen molar-refractivity contribution in [3.63, 3.8) is 0 Å². The van der Waals surface area contributed by atoms with Crippen molar-refractivity contribution in [1.82, 2.24) is 14.9 Å². The van der Waals surface area contributed by atoms with Gasteiger partial charge in [0, 0.05) is 30.4 Å². The molecule has 2 aromatic heterocycles. The van der Waals surface area contributed by atoms with Crippen LogP contribution in [0.4, 0.5) is 10.2 Å². The normalized spacial score (nSPS) is 29.5. The number of halogens is 1. The summed E-state index contributed by atoms with van der Waals surface area (Å²) >= 11 is 0. The average Bonchev–Trinajstić information content (AvgIpc) is 3.05. The number of hydrogen-bond donors (Lipinski definition) is 1. The van der Waals surface area contributed by atoms with E-state index >= 15 is 0 Å². The zero-order valence-corrected chi connectivity index (χ0v) is 14.4. The summed E-state index contributed by atoms with van der Waals surface area (Å²) in [6.45, 7) is 4.01. The first-order valence-electron chi connectivity index (χ1n) is 9.01. The van der Waals surface area contributed by atoms with Crippen molar-refractivity contribution in [3.8, 4) is 11.1 Å². The Morgan fingerprint density at radius 3 is 2.77 bits per heavy atom. The van der Waals surface area contributed by atoms with Crippen LogP contribution in [-0.4, -0.2) is 52.7 Å². The van der Waals surface area contributed by atoms with E-state index in [9.17, 15) is 4.39 Å². The van der Waals surface area contributed by atoms with Gasteiger partial charge < -0.3 is 4.74 Å². The highest BCUT2D eigenvalue weighted by molar-refractivity contribution is 5.90. The number of fused-ring (bicyclic) bond motifs is 2. The van der Waals surface area contributed by atoms with Crippen LogP contribution in [0.15, 0.2) is 41.7 Å². The molecule has 2 aromatic rings. The fourth-order valence-electron chi connectivity index (χ4n) is 4.28. The Bertz CT molecular complexity index is 847. The Labute approximate surface area is 151 Å². The highest BCUT2D eigenvalue weighted by Crippen LogP contribution is 2.40. The zero-order chi connectivity index (χ0) is 17.6. The molecular formula is C19H20FN5O. The molecular weight excluding hydrogens is 333 g/mol. The van der Waals surface area contributed by atoms with Gasteiger partial charge in [0.2, 0.25) is 5.95 Å². The molecule has 1 spiro atoms. The molecule has 4 aliphatic rings. The first kappa shape index (κ1) is 15.7. The summed E-state index contributed by atoms with van der Waals surface area (Å²) in [5.74, 6) is 0.752. The number of nitrogens with zero attached hydrogens (tertiary/aromatic N) is 4. The van der Waals surface area contributed by atoms with Gasteiger partial charge in [-0.3, -0.25) is 10.2 Å². The molecule has 2 bridgehead atoms. The summed E-state index contributed by atoms with van der Waals surface area (Å²) < 4.78 is 19.3. The molecule has 0 saturated carbocycles. The molecule has 0 aromatic carbocycles. The molecule has 0 aliphatic carbocycles. The van der Waals surface area contributed by atoms with Gasteiger partial charge in [0.15, 0.2) is 0 Å². The summed E-state index contributed by atoms with van der Waals surface area (Å²) in [7, 11) is 0. The Morgan fingerprint density at radius 1 is 1.15 bits per heavy atom. The van der Waals surface area contributed by atoms with Crippen molar-refractivity contribution in [2.24, 2.45) is 10.9 Å².